The standard InChI is InChI=1S/C26H30FN3O5/c1-17-13-30(18(2)15-31)26(33)22-11-20(6-5-19-7-9-21(27)10-8-19)12-28-25(22)35-23(17)14-29(3)24(32)16-34-4/h7-12,17-18,23,31H,13-16H2,1-4H3/t17-,18-,23-/m0/s1. The summed E-state index contributed by atoms with van der Waals surface area (Å²) in [5.41, 5.74) is 1.33. The van der Waals surface area contributed by atoms with E-state index >= 15 is 0 Å². The minimum absolute atomic E-state index is 0.0469. The molecule has 2 aromatic rings. The number of aromatic nitrogens is 1. The van der Waals surface area contributed by atoms with E-state index in [0.717, 1.165) is 0 Å². The highest BCUT2D eigenvalue weighted by Gasteiger charge is 2.34. The third kappa shape index (κ3) is 6.56. The summed E-state index contributed by atoms with van der Waals surface area (Å²) in [7, 11) is 3.12. The first kappa shape index (κ1) is 26.1. The minimum atomic E-state index is -0.454. The molecule has 1 aromatic heterocycles. The van der Waals surface area contributed by atoms with Crippen LogP contribution >= 0.6 is 0 Å². The van der Waals surface area contributed by atoms with Crippen molar-refractivity contribution in [1.82, 2.24) is 14.8 Å². The molecule has 9 heteroatoms. The number of halogens is 1. The largest absolute Gasteiger partial charge is 0.472 e. The first-order valence-electron chi connectivity index (χ1n) is 11.3. The normalized spacial score (nSPS) is 18.3. The van der Waals surface area contributed by atoms with E-state index in [4.69, 9.17) is 9.47 Å². The molecule has 0 aliphatic carbocycles. The van der Waals surface area contributed by atoms with Crippen molar-refractivity contribution in [2.75, 3.05) is 40.5 Å². The van der Waals surface area contributed by atoms with Crippen molar-refractivity contribution in [2.24, 2.45) is 5.92 Å². The van der Waals surface area contributed by atoms with Crippen LogP contribution in [-0.2, 0) is 9.53 Å². The van der Waals surface area contributed by atoms with Crippen molar-refractivity contribution >= 4 is 11.8 Å². The van der Waals surface area contributed by atoms with Crippen LogP contribution in [-0.4, -0.2) is 84.3 Å². The molecule has 0 radical (unpaired) electrons. The minimum Gasteiger partial charge on any atom is -0.472 e. The predicted octanol–water partition coefficient (Wildman–Crippen LogP) is 1.95. The van der Waals surface area contributed by atoms with E-state index in [0.29, 0.717) is 17.7 Å². The molecular formula is C26H30FN3O5. The van der Waals surface area contributed by atoms with Crippen LogP contribution in [0, 0.1) is 23.6 Å². The highest BCUT2D eigenvalue weighted by atomic mass is 19.1. The summed E-state index contributed by atoms with van der Waals surface area (Å²) in [4.78, 5) is 33.2. The number of hydrogen-bond donors (Lipinski definition) is 1. The van der Waals surface area contributed by atoms with Crippen LogP contribution in [0.15, 0.2) is 36.5 Å². The molecule has 1 aliphatic heterocycles. The molecular weight excluding hydrogens is 453 g/mol. The Bertz CT molecular complexity index is 1110. The maximum Gasteiger partial charge on any atom is 0.259 e. The van der Waals surface area contributed by atoms with Crippen LogP contribution in [0.25, 0.3) is 0 Å². The fourth-order valence-electron chi connectivity index (χ4n) is 3.67. The number of carbonyl (C=O) groups excluding carboxylic acids is 2. The number of fused-ring (bicyclic) bond motifs is 1. The van der Waals surface area contributed by atoms with Gasteiger partial charge >= 0.3 is 0 Å². The molecule has 1 aromatic carbocycles. The summed E-state index contributed by atoms with van der Waals surface area (Å²) >= 11 is 0. The van der Waals surface area contributed by atoms with Gasteiger partial charge in [0.05, 0.1) is 19.2 Å². The van der Waals surface area contributed by atoms with Gasteiger partial charge in [-0.1, -0.05) is 18.8 Å². The first-order chi connectivity index (χ1) is 16.7. The van der Waals surface area contributed by atoms with E-state index in [2.05, 4.69) is 16.8 Å². The Morgan fingerprint density at radius 1 is 1.34 bits per heavy atom. The zero-order chi connectivity index (χ0) is 25.5. The van der Waals surface area contributed by atoms with Gasteiger partial charge < -0.3 is 24.4 Å². The zero-order valence-electron chi connectivity index (χ0n) is 20.3. The van der Waals surface area contributed by atoms with Crippen molar-refractivity contribution in [3.05, 3.63) is 59.0 Å². The molecule has 0 unspecified atom stereocenters. The monoisotopic (exact) mass is 483 g/mol. The number of nitrogens with zero attached hydrogens (tertiary/aromatic N) is 3. The van der Waals surface area contributed by atoms with Crippen molar-refractivity contribution in [1.29, 1.82) is 0 Å². The smallest absolute Gasteiger partial charge is 0.259 e. The van der Waals surface area contributed by atoms with Gasteiger partial charge in [-0.25, -0.2) is 9.37 Å². The summed E-state index contributed by atoms with van der Waals surface area (Å²) < 4.78 is 24.2. The fourth-order valence-corrected chi connectivity index (χ4v) is 3.67. The maximum absolute atomic E-state index is 13.4. The van der Waals surface area contributed by atoms with Crippen LogP contribution in [0.3, 0.4) is 0 Å². The van der Waals surface area contributed by atoms with E-state index in [9.17, 15) is 19.1 Å². The molecule has 0 spiro atoms. The Hall–Kier alpha value is -3.48. The summed E-state index contributed by atoms with van der Waals surface area (Å²) in [6.45, 7) is 4.03. The molecule has 2 heterocycles. The maximum atomic E-state index is 13.4. The van der Waals surface area contributed by atoms with Gasteiger partial charge in [0.25, 0.3) is 5.91 Å². The second-order valence-corrected chi connectivity index (χ2v) is 8.66. The highest BCUT2D eigenvalue weighted by molar-refractivity contribution is 5.97. The zero-order valence-corrected chi connectivity index (χ0v) is 20.3. The summed E-state index contributed by atoms with van der Waals surface area (Å²) in [6, 6.07) is 6.95. The lowest BCUT2D eigenvalue weighted by Crippen LogP contribution is -2.50. The van der Waals surface area contributed by atoms with Crippen molar-refractivity contribution in [2.45, 2.75) is 26.0 Å². The van der Waals surface area contributed by atoms with Crippen molar-refractivity contribution in [3.8, 4) is 17.7 Å². The molecule has 8 nitrogen and oxygen atoms in total. The van der Waals surface area contributed by atoms with Gasteiger partial charge in [-0.3, -0.25) is 9.59 Å². The van der Waals surface area contributed by atoms with Gasteiger partial charge in [-0.2, -0.15) is 0 Å². The number of hydrogen-bond acceptors (Lipinski definition) is 6. The van der Waals surface area contributed by atoms with Crippen molar-refractivity contribution < 1.29 is 28.6 Å². The van der Waals surface area contributed by atoms with E-state index in [-0.39, 0.29) is 54.8 Å². The molecule has 3 rings (SSSR count). The van der Waals surface area contributed by atoms with Gasteiger partial charge in [0.15, 0.2) is 0 Å². The topological polar surface area (TPSA) is 92.2 Å². The van der Waals surface area contributed by atoms with E-state index < -0.39 is 12.1 Å². The number of aliphatic hydroxyl groups excluding tert-OH is 1. The predicted molar refractivity (Wildman–Crippen MR) is 127 cm³/mol. The fraction of sp³-hybridized carbons (Fsp3) is 0.423. The second kappa shape index (κ2) is 11.8. The quantitative estimate of drug-likeness (QED) is 0.632. The molecule has 1 aliphatic rings. The number of methoxy groups -OCH3 is 1. The Kier molecular flexibility index (Phi) is 8.79. The Morgan fingerprint density at radius 2 is 2.03 bits per heavy atom. The Balaban J connectivity index is 1.96. The molecule has 2 amide bonds. The van der Waals surface area contributed by atoms with Gasteiger partial charge in [-0.15, -0.1) is 0 Å². The summed E-state index contributed by atoms with van der Waals surface area (Å²) in [5, 5.41) is 9.77. The molecule has 35 heavy (non-hydrogen) atoms. The molecule has 0 saturated carbocycles. The van der Waals surface area contributed by atoms with Gasteiger partial charge in [-0.05, 0) is 37.3 Å². The average molecular weight is 484 g/mol. The van der Waals surface area contributed by atoms with E-state index in [1.54, 1.807) is 37.1 Å². The van der Waals surface area contributed by atoms with Crippen molar-refractivity contribution in [3.63, 3.8) is 0 Å². The van der Waals surface area contributed by atoms with Crippen LogP contribution in [0.2, 0.25) is 0 Å². The third-order valence-corrected chi connectivity index (χ3v) is 5.86. The van der Waals surface area contributed by atoms with Gasteiger partial charge in [0.2, 0.25) is 11.8 Å². The van der Waals surface area contributed by atoms with Crippen LogP contribution in [0.4, 0.5) is 4.39 Å². The lowest BCUT2D eigenvalue weighted by atomic mass is 10.00. The lowest BCUT2D eigenvalue weighted by molar-refractivity contribution is -0.135. The number of benzene rings is 1. The van der Waals surface area contributed by atoms with Gasteiger partial charge in [0.1, 0.15) is 24.1 Å². The highest BCUT2D eigenvalue weighted by Crippen LogP contribution is 2.27. The van der Waals surface area contributed by atoms with Crippen LogP contribution in [0.1, 0.15) is 35.3 Å². The number of likely N-dealkylation sites (N-methyl/N-ethyl adjacent to an activating group) is 1. The number of pyridine rings is 1. The Morgan fingerprint density at radius 3 is 2.69 bits per heavy atom. The van der Waals surface area contributed by atoms with E-state index in [1.165, 1.54) is 30.3 Å². The van der Waals surface area contributed by atoms with Gasteiger partial charge in [0, 0.05) is 43.9 Å². The first-order valence-corrected chi connectivity index (χ1v) is 11.3. The second-order valence-electron chi connectivity index (χ2n) is 8.66. The molecule has 0 fully saturated rings. The number of aliphatic hydroxyl groups is 1. The molecule has 186 valence electrons. The number of ether oxygens (including phenoxy) is 2. The number of carbonyl (C=O) groups is 2. The summed E-state index contributed by atoms with van der Waals surface area (Å²) in [5.74, 6) is 5.00. The summed E-state index contributed by atoms with van der Waals surface area (Å²) in [6.07, 6.45) is 1.05. The third-order valence-electron chi connectivity index (χ3n) is 5.86. The molecule has 1 N–H and O–H groups in total. The number of rotatable bonds is 6. The van der Waals surface area contributed by atoms with Crippen LogP contribution in [0.5, 0.6) is 5.88 Å². The molecule has 3 atom stereocenters. The van der Waals surface area contributed by atoms with Crippen LogP contribution < -0.4 is 4.74 Å². The average Bonchev–Trinajstić information content (AvgIpc) is 2.85. The SMILES string of the molecule is COCC(=O)N(C)C[C@@H]1Oc2ncc(C#Cc3ccc(F)cc3)cc2C(=O)N([C@@H](C)CO)C[C@@H]1C. The lowest BCUT2D eigenvalue weighted by Gasteiger charge is -2.37. The number of amides is 2. The Labute approximate surface area is 204 Å². The van der Waals surface area contributed by atoms with E-state index in [1.807, 2.05) is 6.92 Å². The molecule has 0 saturated heterocycles. The molecule has 0 bridgehead atoms.